The van der Waals surface area contributed by atoms with Crippen molar-refractivity contribution in [3.05, 3.63) is 61.5 Å². The first kappa shape index (κ1) is 16.0. The molecule has 12 heteroatoms. The summed E-state index contributed by atoms with van der Waals surface area (Å²) >= 11 is 0. The van der Waals surface area contributed by atoms with Gasteiger partial charge in [0.1, 0.15) is 5.56 Å². The van der Waals surface area contributed by atoms with E-state index in [4.69, 9.17) is 5.26 Å². The summed E-state index contributed by atoms with van der Waals surface area (Å²) in [4.78, 5) is 23.9. The van der Waals surface area contributed by atoms with E-state index in [-0.39, 0.29) is 16.0 Å². The molecule has 0 aliphatic carbocycles. The molecule has 0 radical (unpaired) electrons. The van der Waals surface area contributed by atoms with E-state index >= 15 is 0 Å². The minimum atomic E-state index is -0.884. The summed E-state index contributed by atoms with van der Waals surface area (Å²) in [5.74, 6) is 0. The van der Waals surface area contributed by atoms with E-state index in [2.05, 4.69) is 14.8 Å². The van der Waals surface area contributed by atoms with Crippen LogP contribution >= 0.6 is 0 Å². The van der Waals surface area contributed by atoms with Crippen LogP contribution in [0.1, 0.15) is 5.56 Å². The average molecular weight is 366 g/mol. The molecule has 2 heterocycles. The van der Waals surface area contributed by atoms with Gasteiger partial charge in [-0.15, -0.1) is 0 Å². The second-order valence-corrected chi connectivity index (χ2v) is 5.51. The predicted octanol–water partition coefficient (Wildman–Crippen LogP) is 2.30. The normalized spacial score (nSPS) is 10.9. The van der Waals surface area contributed by atoms with Crippen LogP contribution in [-0.4, -0.2) is 20.0 Å². The maximum absolute atomic E-state index is 12.1. The number of nitrogens with one attached hydrogen (secondary N) is 1. The third kappa shape index (κ3) is 2.23. The van der Waals surface area contributed by atoms with Crippen molar-refractivity contribution in [1.29, 1.82) is 5.26 Å². The lowest BCUT2D eigenvalue weighted by Crippen LogP contribution is -2.23. The highest BCUT2D eigenvalue weighted by Gasteiger charge is 2.35. The van der Waals surface area contributed by atoms with Crippen molar-refractivity contribution in [2.24, 2.45) is 0 Å². The van der Waals surface area contributed by atoms with E-state index in [1.807, 2.05) is 6.07 Å². The Morgan fingerprint density at radius 1 is 1.19 bits per heavy atom. The summed E-state index contributed by atoms with van der Waals surface area (Å²) in [6.45, 7) is 0. The SMILES string of the molecule is N#Cc1ccc2[nH]cc(-c3c([N+](=O)[O-])cc([N+](=O)[O-])c4no[n+]([O-])c34)c2c1. The minimum absolute atomic E-state index is 0.113. The van der Waals surface area contributed by atoms with E-state index in [0.29, 0.717) is 16.5 Å². The smallest absolute Gasteiger partial charge is 0.333 e. The van der Waals surface area contributed by atoms with Gasteiger partial charge in [0.2, 0.25) is 5.52 Å². The van der Waals surface area contributed by atoms with E-state index in [1.165, 1.54) is 12.3 Å². The van der Waals surface area contributed by atoms with Crippen LogP contribution in [0.5, 0.6) is 0 Å². The zero-order valence-corrected chi connectivity index (χ0v) is 13.1. The monoisotopic (exact) mass is 366 g/mol. The molecule has 4 aromatic rings. The molecule has 0 saturated heterocycles. The highest BCUT2D eigenvalue weighted by atomic mass is 16.8. The molecule has 4 rings (SSSR count). The van der Waals surface area contributed by atoms with Crippen LogP contribution in [0.3, 0.4) is 0 Å². The number of non-ortho nitro benzene ring substituents is 1. The number of rotatable bonds is 3. The van der Waals surface area contributed by atoms with Crippen LogP contribution in [0, 0.1) is 36.8 Å². The molecule has 0 spiro atoms. The lowest BCUT2D eigenvalue weighted by Gasteiger charge is -2.03. The largest absolute Gasteiger partial charge is 0.361 e. The molecular formula is C15H6N6O6. The van der Waals surface area contributed by atoms with Crippen LogP contribution in [0.25, 0.3) is 33.1 Å². The first-order valence-corrected chi connectivity index (χ1v) is 7.29. The number of benzene rings is 2. The first-order chi connectivity index (χ1) is 12.9. The fourth-order valence-electron chi connectivity index (χ4n) is 2.96. The van der Waals surface area contributed by atoms with Crippen LogP contribution in [0.4, 0.5) is 11.4 Å². The van der Waals surface area contributed by atoms with E-state index < -0.39 is 32.3 Å². The second kappa shape index (κ2) is 5.49. The van der Waals surface area contributed by atoms with E-state index in [1.54, 1.807) is 12.1 Å². The molecule has 0 aliphatic rings. The number of H-pyrrole nitrogens is 1. The number of nitrogens with zero attached hydrogens (tertiary/aromatic N) is 5. The van der Waals surface area contributed by atoms with Gasteiger partial charge in [-0.2, -0.15) is 5.26 Å². The number of nitro groups is 2. The van der Waals surface area contributed by atoms with E-state index in [0.717, 1.165) is 6.07 Å². The van der Waals surface area contributed by atoms with Crippen LogP contribution in [0.2, 0.25) is 0 Å². The Morgan fingerprint density at radius 2 is 1.93 bits per heavy atom. The van der Waals surface area contributed by atoms with Crippen LogP contribution in [0.15, 0.2) is 35.1 Å². The molecule has 27 heavy (non-hydrogen) atoms. The molecule has 0 fully saturated rings. The third-order valence-electron chi connectivity index (χ3n) is 4.10. The molecule has 0 bridgehead atoms. The van der Waals surface area contributed by atoms with Crippen LogP contribution < -0.4 is 4.90 Å². The highest BCUT2D eigenvalue weighted by molar-refractivity contribution is 6.07. The zero-order chi connectivity index (χ0) is 19.3. The summed E-state index contributed by atoms with van der Waals surface area (Å²) in [5.41, 5.74) is -1.38. The molecule has 0 amide bonds. The fraction of sp³-hybridized carbons (Fsp3) is 0. The van der Waals surface area contributed by atoms with Crippen molar-refractivity contribution < 1.29 is 19.4 Å². The molecular weight excluding hydrogens is 360 g/mol. The fourth-order valence-corrected chi connectivity index (χ4v) is 2.96. The minimum Gasteiger partial charge on any atom is -0.361 e. The zero-order valence-electron chi connectivity index (χ0n) is 13.1. The van der Waals surface area contributed by atoms with Gasteiger partial charge in [0.25, 0.3) is 5.69 Å². The van der Waals surface area contributed by atoms with Gasteiger partial charge in [0.05, 0.1) is 32.7 Å². The number of nitro benzene ring substituents is 2. The Kier molecular flexibility index (Phi) is 3.25. The summed E-state index contributed by atoms with van der Waals surface area (Å²) < 4.78 is 4.46. The number of aromatic amines is 1. The Balaban J connectivity index is 2.20. The maximum atomic E-state index is 12.1. The van der Waals surface area contributed by atoms with Crippen LogP contribution in [-0.2, 0) is 0 Å². The predicted molar refractivity (Wildman–Crippen MR) is 88.3 cm³/mol. The van der Waals surface area contributed by atoms with Gasteiger partial charge < -0.3 is 10.2 Å². The topological polar surface area (TPSA) is 179 Å². The molecule has 12 nitrogen and oxygen atoms in total. The Labute approximate surface area is 147 Å². The third-order valence-corrected chi connectivity index (χ3v) is 4.10. The maximum Gasteiger partial charge on any atom is 0.333 e. The van der Waals surface area contributed by atoms with Gasteiger partial charge in [0.15, 0.2) is 0 Å². The molecule has 1 N–H and O–H groups in total. The highest BCUT2D eigenvalue weighted by Crippen LogP contribution is 2.42. The second-order valence-electron chi connectivity index (χ2n) is 5.51. The van der Waals surface area contributed by atoms with Crippen molar-refractivity contribution in [3.63, 3.8) is 0 Å². The number of fused-ring (bicyclic) bond motifs is 2. The van der Waals surface area contributed by atoms with Crippen molar-refractivity contribution in [1.82, 2.24) is 10.1 Å². The van der Waals surface area contributed by atoms with Gasteiger partial charge in [-0.25, -0.2) is 0 Å². The summed E-state index contributed by atoms with van der Waals surface area (Å²) in [5, 5.41) is 47.8. The average Bonchev–Trinajstić information content (AvgIpc) is 3.23. The van der Waals surface area contributed by atoms with Gasteiger partial charge >= 0.3 is 11.2 Å². The van der Waals surface area contributed by atoms with Gasteiger partial charge in [-0.3, -0.25) is 24.9 Å². The first-order valence-electron chi connectivity index (χ1n) is 7.29. The number of nitriles is 1. The summed E-state index contributed by atoms with van der Waals surface area (Å²) in [6, 6.07) is 7.33. The molecule has 0 unspecified atom stereocenters. The molecule has 0 aliphatic heterocycles. The van der Waals surface area contributed by atoms with Gasteiger partial charge in [-0.05, 0) is 23.1 Å². The van der Waals surface area contributed by atoms with Crippen molar-refractivity contribution >= 4 is 33.3 Å². The quantitative estimate of drug-likeness (QED) is 0.326. The molecule has 2 aromatic heterocycles. The lowest BCUT2D eigenvalue weighted by molar-refractivity contribution is -0.782. The summed E-state index contributed by atoms with van der Waals surface area (Å²) in [7, 11) is 0. The Hall–Kier alpha value is -4.53. The van der Waals surface area contributed by atoms with Crippen molar-refractivity contribution in [2.75, 3.05) is 0 Å². The van der Waals surface area contributed by atoms with Gasteiger partial charge in [0, 0.05) is 22.7 Å². The van der Waals surface area contributed by atoms with Gasteiger partial charge in [-0.1, -0.05) is 0 Å². The molecule has 2 aromatic carbocycles. The Bertz CT molecular complexity index is 1310. The van der Waals surface area contributed by atoms with E-state index in [9.17, 15) is 25.4 Å². The molecule has 132 valence electrons. The molecule has 0 atom stereocenters. The molecule has 0 saturated carbocycles. The number of hydrogen-bond donors (Lipinski definition) is 1. The number of aromatic nitrogens is 3. The van der Waals surface area contributed by atoms with Crippen molar-refractivity contribution in [3.8, 4) is 17.2 Å². The standard InChI is InChI=1S/C15H6N6O6/c16-5-7-1-2-10-8(3-7)9(6-17-10)13-11(19(22)23)4-12(20(24)25)14-15(13)21(26)27-18-14/h1-4,6,17H. The Morgan fingerprint density at radius 3 is 2.59 bits per heavy atom. The summed E-state index contributed by atoms with van der Waals surface area (Å²) in [6.07, 6.45) is 1.41. The van der Waals surface area contributed by atoms with Crippen molar-refractivity contribution in [2.45, 2.75) is 0 Å². The lowest BCUT2D eigenvalue weighted by atomic mass is 9.99. The number of hydrogen-bond acceptors (Lipinski definition) is 8.